The van der Waals surface area contributed by atoms with Crippen LogP contribution in [0.4, 0.5) is 0 Å². The lowest BCUT2D eigenvalue weighted by molar-refractivity contribution is 0.0695. The monoisotopic (exact) mass is 296 g/mol. The van der Waals surface area contributed by atoms with Crippen LogP contribution in [0.2, 0.25) is 0 Å². The number of carbonyl (C=O) groups is 1. The summed E-state index contributed by atoms with van der Waals surface area (Å²) in [5.74, 6) is 0.591. The van der Waals surface area contributed by atoms with E-state index < -0.39 is 0 Å². The Morgan fingerprint density at radius 3 is 2.64 bits per heavy atom. The van der Waals surface area contributed by atoms with Gasteiger partial charge in [0.25, 0.3) is 5.91 Å². The van der Waals surface area contributed by atoms with Gasteiger partial charge >= 0.3 is 5.84 Å². The van der Waals surface area contributed by atoms with Gasteiger partial charge < -0.3 is 9.32 Å². The zero-order valence-electron chi connectivity index (χ0n) is 12.1. The van der Waals surface area contributed by atoms with Crippen LogP contribution in [0.25, 0.3) is 17.1 Å². The lowest BCUT2D eigenvalue weighted by atomic mass is 10.1. The van der Waals surface area contributed by atoms with Crippen molar-refractivity contribution in [3.63, 3.8) is 0 Å². The summed E-state index contributed by atoms with van der Waals surface area (Å²) in [5.41, 5.74) is 1.57. The molecular formula is C16H16N4O2. The first kappa shape index (κ1) is 13.1. The van der Waals surface area contributed by atoms with E-state index in [-0.39, 0.29) is 5.91 Å². The molecule has 1 saturated heterocycles. The van der Waals surface area contributed by atoms with Gasteiger partial charge in [-0.15, -0.1) is 0 Å². The number of hydrogen-bond acceptors (Lipinski definition) is 4. The highest BCUT2D eigenvalue weighted by atomic mass is 16.4. The Morgan fingerprint density at radius 2 is 1.86 bits per heavy atom. The third kappa shape index (κ3) is 2.07. The second-order valence-electron chi connectivity index (χ2n) is 5.45. The van der Waals surface area contributed by atoms with Crippen LogP contribution >= 0.6 is 0 Å². The average molecular weight is 296 g/mol. The Hall–Kier alpha value is -2.63. The molecule has 0 N–H and O–H groups in total. The van der Waals surface area contributed by atoms with Crippen molar-refractivity contribution >= 4 is 11.8 Å². The van der Waals surface area contributed by atoms with Gasteiger partial charge in [-0.2, -0.15) is 14.6 Å². The molecule has 0 radical (unpaired) electrons. The molecule has 1 aliphatic heterocycles. The van der Waals surface area contributed by atoms with Crippen LogP contribution in [0.3, 0.4) is 0 Å². The molecule has 0 spiro atoms. The Morgan fingerprint density at radius 1 is 1.09 bits per heavy atom. The van der Waals surface area contributed by atoms with Crippen molar-refractivity contribution < 1.29 is 9.21 Å². The number of fused-ring (bicyclic) bond motifs is 1. The number of carbonyl (C=O) groups excluding carboxylic acids is 1. The minimum Gasteiger partial charge on any atom is -0.416 e. The Balaban J connectivity index is 1.83. The molecule has 112 valence electrons. The van der Waals surface area contributed by atoms with E-state index in [1.165, 1.54) is 12.7 Å². The van der Waals surface area contributed by atoms with Crippen LogP contribution < -0.4 is 0 Å². The van der Waals surface area contributed by atoms with Gasteiger partial charge in [0.1, 0.15) is 12.0 Å². The third-order valence-electron chi connectivity index (χ3n) is 4.02. The zero-order chi connectivity index (χ0) is 14.9. The van der Waals surface area contributed by atoms with E-state index in [0.717, 1.165) is 31.5 Å². The molecule has 6 heteroatoms. The second-order valence-corrected chi connectivity index (χ2v) is 5.45. The van der Waals surface area contributed by atoms with Crippen molar-refractivity contribution in [1.29, 1.82) is 0 Å². The van der Waals surface area contributed by atoms with Crippen molar-refractivity contribution in [2.75, 3.05) is 13.1 Å². The molecule has 2 aromatic heterocycles. The maximum atomic E-state index is 12.8. The number of rotatable bonds is 2. The highest BCUT2D eigenvalue weighted by Crippen LogP contribution is 2.28. The quantitative estimate of drug-likeness (QED) is 0.729. The first-order valence-corrected chi connectivity index (χ1v) is 7.52. The van der Waals surface area contributed by atoms with Crippen LogP contribution in [0, 0.1) is 0 Å². The van der Waals surface area contributed by atoms with Gasteiger partial charge in [-0.25, -0.2) is 0 Å². The molecule has 0 saturated carbocycles. The largest absolute Gasteiger partial charge is 0.416 e. The summed E-state index contributed by atoms with van der Waals surface area (Å²) in [6.07, 6.45) is 4.70. The number of hydrogen-bond donors (Lipinski definition) is 0. The molecule has 0 atom stereocenters. The molecule has 1 fully saturated rings. The van der Waals surface area contributed by atoms with Gasteiger partial charge in [-0.05, 0) is 19.3 Å². The molecule has 22 heavy (non-hydrogen) atoms. The fourth-order valence-electron chi connectivity index (χ4n) is 2.92. The van der Waals surface area contributed by atoms with Crippen molar-refractivity contribution in [3.8, 4) is 11.3 Å². The van der Waals surface area contributed by atoms with E-state index in [1.54, 1.807) is 4.52 Å². The van der Waals surface area contributed by atoms with Gasteiger partial charge in [-0.1, -0.05) is 30.3 Å². The maximum Gasteiger partial charge on any atom is 0.325 e. The summed E-state index contributed by atoms with van der Waals surface area (Å²) in [5, 5.41) is 4.18. The molecule has 0 bridgehead atoms. The second kappa shape index (κ2) is 5.29. The summed E-state index contributed by atoms with van der Waals surface area (Å²) in [7, 11) is 0. The number of amides is 1. The van der Waals surface area contributed by atoms with Crippen molar-refractivity contribution in [1.82, 2.24) is 19.5 Å². The summed E-state index contributed by atoms with van der Waals surface area (Å²) < 4.78 is 7.30. The Labute approximate surface area is 127 Å². The van der Waals surface area contributed by atoms with Gasteiger partial charge in [0.15, 0.2) is 0 Å². The van der Waals surface area contributed by atoms with Crippen LogP contribution in [-0.4, -0.2) is 38.5 Å². The fourth-order valence-corrected chi connectivity index (χ4v) is 2.92. The minimum atomic E-state index is -0.0779. The summed E-state index contributed by atoms with van der Waals surface area (Å²) >= 11 is 0. The number of oxazole rings is 1. The molecule has 1 amide bonds. The van der Waals surface area contributed by atoms with E-state index in [9.17, 15) is 4.79 Å². The van der Waals surface area contributed by atoms with E-state index in [2.05, 4.69) is 10.1 Å². The summed E-state index contributed by atoms with van der Waals surface area (Å²) in [6, 6.07) is 9.69. The average Bonchev–Trinajstić information content (AvgIpc) is 3.16. The van der Waals surface area contributed by atoms with Gasteiger partial charge in [0.05, 0.1) is 0 Å². The number of piperidine rings is 1. The lowest BCUT2D eigenvalue weighted by Crippen LogP contribution is -2.35. The summed E-state index contributed by atoms with van der Waals surface area (Å²) in [4.78, 5) is 18.7. The van der Waals surface area contributed by atoms with Crippen LogP contribution in [0.15, 0.2) is 41.1 Å². The molecular weight excluding hydrogens is 280 g/mol. The van der Waals surface area contributed by atoms with Gasteiger partial charge in [0.2, 0.25) is 5.76 Å². The minimum absolute atomic E-state index is 0.0779. The van der Waals surface area contributed by atoms with Crippen LogP contribution in [-0.2, 0) is 0 Å². The molecule has 1 aromatic carbocycles. The molecule has 0 aliphatic carbocycles. The van der Waals surface area contributed by atoms with Crippen molar-refractivity contribution in [2.45, 2.75) is 19.3 Å². The Kier molecular flexibility index (Phi) is 3.14. The highest BCUT2D eigenvalue weighted by molar-refractivity contribution is 5.98. The number of nitrogens with zero attached hydrogens (tertiary/aromatic N) is 4. The zero-order valence-corrected chi connectivity index (χ0v) is 12.1. The molecule has 3 heterocycles. The normalized spacial score (nSPS) is 15.4. The lowest BCUT2D eigenvalue weighted by Gasteiger charge is -2.25. The van der Waals surface area contributed by atoms with E-state index in [1.807, 2.05) is 35.2 Å². The van der Waals surface area contributed by atoms with Crippen LogP contribution in [0.1, 0.15) is 29.8 Å². The standard InChI is InChI=1S/C16H16N4O2/c21-15(19-9-5-2-6-10-19)14-13(12-7-3-1-4-8-12)20-16(22-14)17-11-18-20/h1,3-4,7-8,11H,2,5-6,9-10H2. The predicted molar refractivity (Wildman–Crippen MR) is 80.4 cm³/mol. The SMILES string of the molecule is O=C(c1oc2ncnn2c1-c1ccccc1)N1CCCCC1. The topological polar surface area (TPSA) is 63.6 Å². The van der Waals surface area contributed by atoms with E-state index >= 15 is 0 Å². The van der Waals surface area contributed by atoms with Crippen LogP contribution in [0.5, 0.6) is 0 Å². The highest BCUT2D eigenvalue weighted by Gasteiger charge is 2.28. The molecule has 6 nitrogen and oxygen atoms in total. The van der Waals surface area contributed by atoms with E-state index in [4.69, 9.17) is 4.42 Å². The number of likely N-dealkylation sites (tertiary alicyclic amines) is 1. The molecule has 3 aromatic rings. The molecule has 4 rings (SSSR count). The smallest absolute Gasteiger partial charge is 0.325 e. The first-order chi connectivity index (χ1) is 10.8. The number of aromatic nitrogens is 3. The fraction of sp³-hybridized carbons (Fsp3) is 0.312. The van der Waals surface area contributed by atoms with Gasteiger partial charge in [-0.3, -0.25) is 4.79 Å². The van der Waals surface area contributed by atoms with Crippen molar-refractivity contribution in [3.05, 3.63) is 42.4 Å². The summed E-state index contributed by atoms with van der Waals surface area (Å²) in [6.45, 7) is 1.56. The van der Waals surface area contributed by atoms with E-state index in [0.29, 0.717) is 17.3 Å². The third-order valence-corrected chi connectivity index (χ3v) is 4.02. The maximum absolute atomic E-state index is 12.8. The predicted octanol–water partition coefficient (Wildman–Crippen LogP) is 2.62. The van der Waals surface area contributed by atoms with Gasteiger partial charge in [0, 0.05) is 18.7 Å². The van der Waals surface area contributed by atoms with Crippen molar-refractivity contribution in [2.24, 2.45) is 0 Å². The molecule has 1 aliphatic rings. The number of benzene rings is 1. The molecule has 0 unspecified atom stereocenters. The Bertz CT molecular complexity index is 800. The first-order valence-electron chi connectivity index (χ1n) is 7.52.